The molecule has 0 bridgehead atoms. The van der Waals surface area contributed by atoms with Crippen LogP contribution in [0.1, 0.15) is 23.7 Å². The second-order valence-corrected chi connectivity index (χ2v) is 5.06. The summed E-state index contributed by atoms with van der Waals surface area (Å²) in [5.41, 5.74) is 0.157. The highest BCUT2D eigenvalue weighted by Crippen LogP contribution is 2.26. The Morgan fingerprint density at radius 3 is 2.77 bits per heavy atom. The predicted octanol–water partition coefficient (Wildman–Crippen LogP) is 2.51. The number of carbonyl (C=O) groups is 2. The number of hydrogen-bond acceptors (Lipinski definition) is 6. The molecule has 0 aliphatic rings. The molecular weight excluding hydrogens is 310 g/mol. The first-order valence-corrected chi connectivity index (χ1v) is 7.06. The van der Waals surface area contributed by atoms with Crippen LogP contribution in [0.2, 0.25) is 0 Å². The molecule has 0 fully saturated rings. The van der Waals surface area contributed by atoms with Crippen molar-refractivity contribution in [3.05, 3.63) is 40.9 Å². The van der Waals surface area contributed by atoms with Gasteiger partial charge in [0.2, 0.25) is 0 Å². The van der Waals surface area contributed by atoms with Gasteiger partial charge in [-0.15, -0.1) is 0 Å². The smallest absolute Gasteiger partial charge is 0.392 e. The summed E-state index contributed by atoms with van der Waals surface area (Å²) in [6.45, 7) is 1.64. The van der Waals surface area contributed by atoms with Gasteiger partial charge in [-0.1, -0.05) is 19.1 Å². The van der Waals surface area contributed by atoms with Gasteiger partial charge in [-0.3, -0.25) is 14.9 Å². The van der Waals surface area contributed by atoms with Crippen LogP contribution in [0.25, 0.3) is 0 Å². The molecule has 0 saturated carbocycles. The fourth-order valence-electron chi connectivity index (χ4n) is 1.51. The molecule has 1 aromatic heterocycles. The van der Waals surface area contributed by atoms with Crippen LogP contribution in [-0.4, -0.2) is 27.0 Å². The second kappa shape index (κ2) is 6.76. The number of carbonyl (C=O) groups excluding carboxylic acids is 2. The molecule has 0 spiro atoms. The van der Waals surface area contributed by atoms with Crippen LogP contribution < -0.4 is 10.1 Å². The molecule has 1 heterocycles. The van der Waals surface area contributed by atoms with Crippen LogP contribution in [0.4, 0.5) is 10.1 Å². The largest absolute Gasteiger partial charge is 0.426 e. The van der Waals surface area contributed by atoms with Crippen molar-refractivity contribution in [1.82, 2.24) is 4.98 Å². The molecule has 0 atom stereocenters. The Morgan fingerprint density at radius 1 is 1.41 bits per heavy atom. The van der Waals surface area contributed by atoms with Gasteiger partial charge in [-0.25, -0.2) is 10.2 Å². The average molecular weight is 322 g/mol. The Morgan fingerprint density at radius 2 is 2.14 bits per heavy atom. The molecule has 1 amide bonds. The molecule has 1 aromatic carbocycles. The molecule has 114 valence electrons. The van der Waals surface area contributed by atoms with Crippen LogP contribution in [0.15, 0.2) is 30.5 Å². The highest BCUT2D eigenvalue weighted by Gasteiger charge is 2.20. The first-order chi connectivity index (χ1) is 10.5. The zero-order valence-electron chi connectivity index (χ0n) is 11.5. The first-order valence-electron chi connectivity index (χ1n) is 6.24. The summed E-state index contributed by atoms with van der Waals surface area (Å²) in [5, 5.41) is 11.3. The van der Waals surface area contributed by atoms with E-state index in [1.807, 2.05) is 0 Å². The van der Waals surface area contributed by atoms with E-state index in [1.165, 1.54) is 12.1 Å². The van der Waals surface area contributed by atoms with E-state index in [1.54, 1.807) is 19.1 Å². The number of benzene rings is 1. The third kappa shape index (κ3) is 3.64. The van der Waals surface area contributed by atoms with Gasteiger partial charge in [0.15, 0.2) is 5.13 Å². The Bertz CT molecular complexity index is 728. The van der Waals surface area contributed by atoms with Gasteiger partial charge in [0.1, 0.15) is 11.9 Å². The van der Waals surface area contributed by atoms with Crippen molar-refractivity contribution in [2.24, 2.45) is 0 Å². The van der Waals surface area contributed by atoms with Gasteiger partial charge in [-0.05, 0) is 23.5 Å². The monoisotopic (exact) mass is 322 g/mol. The normalized spacial score (nSPS) is 10.0. The van der Waals surface area contributed by atoms with Crippen LogP contribution in [0.5, 0.6) is 5.75 Å². The standard InChI is InChI=1S/C13H11N3O5S/c1-2-11(17)21-9-6-4-3-5-8(9)12(18)15-13-14-7-10(22-13)16(19)20/h3-7H,2H2,1H3,(H-,14,15,18,19,20)/p+1. The van der Waals surface area contributed by atoms with E-state index < -0.39 is 11.9 Å². The summed E-state index contributed by atoms with van der Waals surface area (Å²) in [5.74, 6) is -0.869. The molecule has 2 aromatic rings. The number of amides is 1. The highest BCUT2D eigenvalue weighted by molar-refractivity contribution is 7.18. The number of para-hydroxylation sites is 1. The van der Waals surface area contributed by atoms with Gasteiger partial charge in [0.25, 0.3) is 10.8 Å². The molecule has 0 saturated heterocycles. The van der Waals surface area contributed by atoms with E-state index in [0.29, 0.717) is 0 Å². The first kappa shape index (κ1) is 15.6. The van der Waals surface area contributed by atoms with Crippen molar-refractivity contribution in [2.75, 3.05) is 5.32 Å². The van der Waals surface area contributed by atoms with Crippen LogP contribution in [-0.2, 0) is 4.79 Å². The number of esters is 1. The minimum absolute atomic E-state index is 0.0685. The van der Waals surface area contributed by atoms with Gasteiger partial charge in [-0.2, -0.15) is 0 Å². The maximum absolute atomic E-state index is 12.2. The molecule has 8 nitrogen and oxygen atoms in total. The molecule has 0 unspecified atom stereocenters. The van der Waals surface area contributed by atoms with Crippen molar-refractivity contribution in [3.63, 3.8) is 0 Å². The number of rotatable bonds is 5. The number of aromatic nitrogens is 1. The Kier molecular flexibility index (Phi) is 4.79. The second-order valence-electron chi connectivity index (χ2n) is 4.05. The maximum Gasteiger partial charge on any atom is 0.392 e. The molecule has 0 aliphatic carbocycles. The van der Waals surface area contributed by atoms with Crippen molar-refractivity contribution >= 4 is 33.3 Å². The van der Waals surface area contributed by atoms with Crippen LogP contribution >= 0.6 is 11.3 Å². The van der Waals surface area contributed by atoms with Crippen LogP contribution in [0, 0.1) is 4.91 Å². The molecule has 2 N–H and O–H groups in total. The average Bonchev–Trinajstić information content (AvgIpc) is 2.96. The van der Waals surface area contributed by atoms with E-state index in [4.69, 9.17) is 9.94 Å². The molecule has 0 radical (unpaired) electrons. The number of nitrogens with one attached hydrogen (secondary N) is 1. The minimum atomic E-state index is -0.546. The molecule has 2 rings (SSSR count). The van der Waals surface area contributed by atoms with Gasteiger partial charge < -0.3 is 4.74 Å². The summed E-state index contributed by atoms with van der Waals surface area (Å²) in [6.07, 6.45) is 1.30. The topological polar surface area (TPSA) is 109 Å². The van der Waals surface area contributed by atoms with E-state index in [2.05, 4.69) is 10.3 Å². The summed E-state index contributed by atoms with van der Waals surface area (Å²) in [4.78, 5) is 37.7. The van der Waals surface area contributed by atoms with Crippen molar-refractivity contribution < 1.29 is 24.5 Å². The van der Waals surface area contributed by atoms with E-state index in [9.17, 15) is 14.5 Å². The number of hydrogen-bond donors (Lipinski definition) is 2. The summed E-state index contributed by atoms with van der Waals surface area (Å²) >= 11 is 0.801. The lowest BCUT2D eigenvalue weighted by atomic mass is 10.2. The van der Waals surface area contributed by atoms with Crippen molar-refractivity contribution in [1.29, 1.82) is 0 Å². The zero-order chi connectivity index (χ0) is 16.1. The zero-order valence-corrected chi connectivity index (χ0v) is 12.3. The molecule has 9 heteroatoms. The number of ether oxygens (including phenoxy) is 1. The van der Waals surface area contributed by atoms with Crippen molar-refractivity contribution in [3.8, 4) is 5.75 Å². The van der Waals surface area contributed by atoms with E-state index in [0.717, 1.165) is 17.5 Å². The molecular formula is C13H12N3O5S+. The Balaban J connectivity index is 2.18. The lowest BCUT2D eigenvalue weighted by Gasteiger charge is -2.08. The highest BCUT2D eigenvalue weighted by atomic mass is 32.1. The fourth-order valence-corrected chi connectivity index (χ4v) is 2.15. The Labute approximate surface area is 128 Å². The van der Waals surface area contributed by atoms with Gasteiger partial charge >= 0.3 is 11.0 Å². The molecule has 22 heavy (non-hydrogen) atoms. The number of nitrogens with zero attached hydrogens (tertiary/aromatic N) is 2. The van der Waals surface area contributed by atoms with E-state index in [-0.39, 0.29) is 32.8 Å². The van der Waals surface area contributed by atoms with Crippen molar-refractivity contribution in [2.45, 2.75) is 13.3 Å². The van der Waals surface area contributed by atoms with Crippen LogP contribution in [0.3, 0.4) is 0 Å². The third-order valence-electron chi connectivity index (χ3n) is 2.55. The summed E-state index contributed by atoms with van der Waals surface area (Å²) in [7, 11) is 0. The summed E-state index contributed by atoms with van der Waals surface area (Å²) < 4.78 is 5.08. The van der Waals surface area contributed by atoms with Gasteiger partial charge in [0.05, 0.1) is 10.5 Å². The van der Waals surface area contributed by atoms with E-state index >= 15 is 0 Å². The maximum atomic E-state index is 12.2. The fraction of sp³-hybridized carbons (Fsp3) is 0.154. The predicted molar refractivity (Wildman–Crippen MR) is 77.5 cm³/mol. The lowest BCUT2D eigenvalue weighted by molar-refractivity contribution is -0.727. The quantitative estimate of drug-likeness (QED) is 0.497. The third-order valence-corrected chi connectivity index (χ3v) is 3.42. The lowest BCUT2D eigenvalue weighted by Crippen LogP contribution is -2.15. The number of thiazole rings is 1. The number of anilines is 1. The summed E-state index contributed by atoms with van der Waals surface area (Å²) in [6, 6.07) is 6.26. The Hall–Kier alpha value is -2.81. The van der Waals surface area contributed by atoms with Gasteiger partial charge in [0, 0.05) is 6.42 Å². The SMILES string of the molecule is CCC(=O)Oc1ccccc1C(=O)Nc1ncc([N+](=O)O)s1. The molecule has 0 aliphatic heterocycles. The minimum Gasteiger partial charge on any atom is -0.426 e.